The summed E-state index contributed by atoms with van der Waals surface area (Å²) in [5.74, 6) is 0.887. The van der Waals surface area contributed by atoms with Crippen molar-refractivity contribution < 1.29 is 4.79 Å². The summed E-state index contributed by atoms with van der Waals surface area (Å²) in [6.07, 6.45) is 3.45. The normalized spacial score (nSPS) is 16.2. The number of aryl methyl sites for hydroxylation is 2. The monoisotopic (exact) mass is 278 g/mol. The van der Waals surface area contributed by atoms with Gasteiger partial charge in [0, 0.05) is 18.8 Å². The molecular formula is C15H26N4O. The molecule has 0 radical (unpaired) electrons. The van der Waals surface area contributed by atoms with E-state index >= 15 is 0 Å². The fourth-order valence-electron chi connectivity index (χ4n) is 2.51. The summed E-state index contributed by atoms with van der Waals surface area (Å²) in [6.45, 7) is 7.54. The highest BCUT2D eigenvalue weighted by Gasteiger charge is 2.21. The van der Waals surface area contributed by atoms with Crippen molar-refractivity contribution >= 4 is 5.91 Å². The van der Waals surface area contributed by atoms with E-state index in [1.807, 2.05) is 25.6 Å². The van der Waals surface area contributed by atoms with E-state index in [1.54, 1.807) is 0 Å². The molecule has 1 aliphatic carbocycles. The first-order valence-electron chi connectivity index (χ1n) is 7.46. The Morgan fingerprint density at radius 3 is 2.70 bits per heavy atom. The second kappa shape index (κ2) is 6.39. The molecule has 0 saturated heterocycles. The van der Waals surface area contributed by atoms with Crippen molar-refractivity contribution in [1.82, 2.24) is 20.4 Å². The van der Waals surface area contributed by atoms with Crippen molar-refractivity contribution in [2.24, 2.45) is 13.0 Å². The van der Waals surface area contributed by atoms with Gasteiger partial charge in [0.05, 0.1) is 12.2 Å². The second-order valence-corrected chi connectivity index (χ2v) is 6.02. The highest BCUT2D eigenvalue weighted by atomic mass is 16.1. The zero-order chi connectivity index (χ0) is 14.7. The van der Waals surface area contributed by atoms with E-state index in [1.165, 1.54) is 24.1 Å². The van der Waals surface area contributed by atoms with Crippen LogP contribution in [0.1, 0.15) is 36.7 Å². The lowest BCUT2D eigenvalue weighted by atomic mass is 10.1. The lowest BCUT2D eigenvalue weighted by Gasteiger charge is -2.14. The topological polar surface area (TPSA) is 59.0 Å². The fraction of sp³-hybridized carbons (Fsp3) is 0.733. The molecule has 1 amide bonds. The van der Waals surface area contributed by atoms with Crippen LogP contribution in [0.25, 0.3) is 0 Å². The average Bonchev–Trinajstić information content (AvgIpc) is 3.14. The van der Waals surface area contributed by atoms with E-state index in [9.17, 15) is 4.79 Å². The van der Waals surface area contributed by atoms with Crippen LogP contribution < -0.4 is 10.6 Å². The smallest absolute Gasteiger partial charge is 0.234 e. The third kappa shape index (κ3) is 4.07. The van der Waals surface area contributed by atoms with Gasteiger partial charge in [0.1, 0.15) is 0 Å². The van der Waals surface area contributed by atoms with Crippen molar-refractivity contribution in [3.05, 3.63) is 17.0 Å². The minimum atomic E-state index is 0.0809. The van der Waals surface area contributed by atoms with Gasteiger partial charge in [-0.1, -0.05) is 0 Å². The minimum Gasteiger partial charge on any atom is -0.352 e. The van der Waals surface area contributed by atoms with Crippen LogP contribution in [0.5, 0.6) is 0 Å². The van der Waals surface area contributed by atoms with Crippen LogP contribution in [-0.4, -0.2) is 34.8 Å². The highest BCUT2D eigenvalue weighted by Crippen LogP contribution is 2.27. The molecule has 5 nitrogen and oxygen atoms in total. The van der Waals surface area contributed by atoms with E-state index in [4.69, 9.17) is 0 Å². The molecular weight excluding hydrogens is 252 g/mol. The third-order valence-electron chi connectivity index (χ3n) is 3.99. The molecule has 1 fully saturated rings. The summed E-state index contributed by atoms with van der Waals surface area (Å²) >= 11 is 0. The fourth-order valence-corrected chi connectivity index (χ4v) is 2.51. The molecule has 112 valence electrons. The molecule has 1 unspecified atom stereocenters. The quantitative estimate of drug-likeness (QED) is 0.785. The van der Waals surface area contributed by atoms with Crippen molar-refractivity contribution in [3.8, 4) is 0 Å². The molecule has 1 atom stereocenters. The van der Waals surface area contributed by atoms with Gasteiger partial charge in [-0.25, -0.2) is 0 Å². The Balaban J connectivity index is 1.75. The van der Waals surface area contributed by atoms with Gasteiger partial charge in [0.25, 0.3) is 0 Å². The average molecular weight is 278 g/mol. The van der Waals surface area contributed by atoms with Crippen LogP contribution in [0.4, 0.5) is 0 Å². The number of carbonyl (C=O) groups is 1. The Labute approximate surface area is 121 Å². The summed E-state index contributed by atoms with van der Waals surface area (Å²) in [7, 11) is 1.96. The predicted molar refractivity (Wildman–Crippen MR) is 79.6 cm³/mol. The van der Waals surface area contributed by atoms with E-state index in [2.05, 4.69) is 22.7 Å². The maximum atomic E-state index is 11.8. The van der Waals surface area contributed by atoms with E-state index in [0.29, 0.717) is 6.54 Å². The molecule has 0 aromatic carbocycles. The van der Waals surface area contributed by atoms with Gasteiger partial charge in [0.2, 0.25) is 5.91 Å². The molecule has 20 heavy (non-hydrogen) atoms. The number of rotatable bonds is 7. The minimum absolute atomic E-state index is 0.0809. The lowest BCUT2D eigenvalue weighted by molar-refractivity contribution is -0.120. The van der Waals surface area contributed by atoms with Gasteiger partial charge in [-0.05, 0) is 58.1 Å². The summed E-state index contributed by atoms with van der Waals surface area (Å²) in [5, 5.41) is 10.7. The first kappa shape index (κ1) is 15.0. The highest BCUT2D eigenvalue weighted by molar-refractivity contribution is 5.78. The Kier molecular flexibility index (Phi) is 4.81. The van der Waals surface area contributed by atoms with Gasteiger partial charge < -0.3 is 10.6 Å². The Hall–Kier alpha value is -1.36. The Bertz CT molecular complexity index is 476. The summed E-state index contributed by atoms with van der Waals surface area (Å²) in [6, 6.07) is 0.131. The molecule has 1 heterocycles. The number of nitrogens with one attached hydrogen (secondary N) is 2. The van der Waals surface area contributed by atoms with Gasteiger partial charge >= 0.3 is 0 Å². The SMILES string of the molecule is Cc1nn(C)c(C)c1CC(C)NC(=O)CNCC1CC1. The standard InChI is InChI=1S/C15H26N4O/c1-10(7-14-11(2)18-19(4)12(14)3)17-15(20)9-16-8-13-5-6-13/h10,13,16H,5-9H2,1-4H3,(H,17,20). The van der Waals surface area contributed by atoms with Crippen molar-refractivity contribution in [3.63, 3.8) is 0 Å². The summed E-state index contributed by atoms with van der Waals surface area (Å²) in [4.78, 5) is 11.8. The predicted octanol–water partition coefficient (Wildman–Crippen LogP) is 1.08. The van der Waals surface area contributed by atoms with Crippen LogP contribution in [0.15, 0.2) is 0 Å². The van der Waals surface area contributed by atoms with E-state index < -0.39 is 0 Å². The van der Waals surface area contributed by atoms with Gasteiger partial charge in [0.15, 0.2) is 0 Å². The number of amides is 1. The van der Waals surface area contributed by atoms with E-state index in [0.717, 1.165) is 24.6 Å². The van der Waals surface area contributed by atoms with Crippen molar-refractivity contribution in [1.29, 1.82) is 0 Å². The van der Waals surface area contributed by atoms with Crippen LogP contribution in [0, 0.1) is 19.8 Å². The van der Waals surface area contributed by atoms with Crippen LogP contribution in [0.2, 0.25) is 0 Å². The van der Waals surface area contributed by atoms with E-state index in [-0.39, 0.29) is 11.9 Å². The molecule has 2 N–H and O–H groups in total. The third-order valence-corrected chi connectivity index (χ3v) is 3.99. The van der Waals surface area contributed by atoms with Gasteiger partial charge in [-0.15, -0.1) is 0 Å². The maximum Gasteiger partial charge on any atom is 0.234 e. The van der Waals surface area contributed by atoms with Gasteiger partial charge in [-0.3, -0.25) is 9.48 Å². The zero-order valence-corrected chi connectivity index (χ0v) is 13.0. The first-order valence-corrected chi connectivity index (χ1v) is 7.46. The molecule has 0 aliphatic heterocycles. The molecule has 1 aliphatic rings. The number of hydrogen-bond acceptors (Lipinski definition) is 3. The molecule has 0 bridgehead atoms. The maximum absolute atomic E-state index is 11.8. The van der Waals surface area contributed by atoms with Crippen LogP contribution >= 0.6 is 0 Å². The second-order valence-electron chi connectivity index (χ2n) is 6.02. The molecule has 5 heteroatoms. The zero-order valence-electron chi connectivity index (χ0n) is 13.0. The largest absolute Gasteiger partial charge is 0.352 e. The molecule has 0 spiro atoms. The number of aromatic nitrogens is 2. The molecule has 1 aromatic heterocycles. The van der Waals surface area contributed by atoms with Crippen molar-refractivity contribution in [2.75, 3.05) is 13.1 Å². The van der Waals surface area contributed by atoms with Crippen molar-refractivity contribution in [2.45, 2.75) is 46.1 Å². The van der Waals surface area contributed by atoms with Gasteiger partial charge in [-0.2, -0.15) is 5.10 Å². The molecule has 1 saturated carbocycles. The molecule has 2 rings (SSSR count). The summed E-state index contributed by atoms with van der Waals surface area (Å²) < 4.78 is 1.90. The first-order chi connectivity index (χ1) is 9.47. The Morgan fingerprint density at radius 1 is 1.45 bits per heavy atom. The Morgan fingerprint density at radius 2 is 2.15 bits per heavy atom. The lowest BCUT2D eigenvalue weighted by Crippen LogP contribution is -2.40. The summed E-state index contributed by atoms with van der Waals surface area (Å²) in [5.41, 5.74) is 3.47. The van der Waals surface area contributed by atoms with Crippen LogP contribution in [0.3, 0.4) is 0 Å². The number of hydrogen-bond donors (Lipinski definition) is 2. The molecule has 1 aromatic rings. The number of nitrogens with zero attached hydrogens (tertiary/aromatic N) is 2. The number of carbonyl (C=O) groups excluding carboxylic acids is 1. The van der Waals surface area contributed by atoms with Crippen LogP contribution in [-0.2, 0) is 18.3 Å².